The van der Waals surface area contributed by atoms with Crippen molar-refractivity contribution in [2.24, 2.45) is 5.73 Å². The number of amides is 1. The Bertz CT molecular complexity index is 311. The van der Waals surface area contributed by atoms with E-state index in [2.05, 4.69) is 9.97 Å². The minimum atomic E-state index is -0.458. The molecular weight excluding hydrogens is 186 g/mol. The number of primary amides is 1. The van der Waals surface area contributed by atoms with E-state index in [9.17, 15) is 4.79 Å². The van der Waals surface area contributed by atoms with Crippen molar-refractivity contribution in [1.82, 2.24) is 9.97 Å². The summed E-state index contributed by atoms with van der Waals surface area (Å²) < 4.78 is 0. The summed E-state index contributed by atoms with van der Waals surface area (Å²) in [6.45, 7) is 0. The van der Waals surface area contributed by atoms with E-state index in [0.29, 0.717) is 5.01 Å². The Morgan fingerprint density at radius 1 is 1.46 bits per heavy atom. The van der Waals surface area contributed by atoms with E-state index in [1.54, 1.807) is 11.6 Å². The maximum absolute atomic E-state index is 10.2. The van der Waals surface area contributed by atoms with Crippen LogP contribution in [0.3, 0.4) is 0 Å². The van der Waals surface area contributed by atoms with Crippen LogP contribution in [0, 0.1) is 0 Å². The molecule has 0 saturated heterocycles. The van der Waals surface area contributed by atoms with E-state index in [1.165, 1.54) is 11.3 Å². The highest BCUT2D eigenvalue weighted by molar-refractivity contribution is 7.11. The van der Waals surface area contributed by atoms with Crippen molar-refractivity contribution in [1.29, 1.82) is 0 Å². The summed E-state index contributed by atoms with van der Waals surface area (Å²) >= 11 is 1.25. The van der Waals surface area contributed by atoms with Crippen molar-refractivity contribution >= 4 is 17.2 Å². The number of hydrogen-bond acceptors (Lipinski definition) is 3. The first-order valence-electron chi connectivity index (χ1n) is 3.58. The Morgan fingerprint density at radius 2 is 2.15 bits per heavy atom. The van der Waals surface area contributed by atoms with Gasteiger partial charge in [-0.05, 0) is 12.1 Å². The van der Waals surface area contributed by atoms with Gasteiger partial charge < -0.3 is 10.7 Å². The van der Waals surface area contributed by atoms with Gasteiger partial charge in [-0.3, -0.25) is 4.79 Å². The zero-order valence-corrected chi connectivity index (χ0v) is 7.62. The minimum absolute atomic E-state index is 0.366. The molecule has 0 unspecified atom stereocenters. The van der Waals surface area contributed by atoms with Crippen LogP contribution in [-0.4, -0.2) is 15.9 Å². The molecule has 2 aromatic rings. The van der Waals surface area contributed by atoms with Crippen LogP contribution in [0.4, 0.5) is 0 Å². The molecule has 3 N–H and O–H groups in total. The first-order valence-corrected chi connectivity index (χ1v) is 4.45. The summed E-state index contributed by atoms with van der Waals surface area (Å²) in [4.78, 5) is 16.8. The molecule has 68 valence electrons. The predicted molar refractivity (Wildman–Crippen MR) is 51.4 cm³/mol. The average molecular weight is 195 g/mol. The molecule has 0 bridgehead atoms. The van der Waals surface area contributed by atoms with Crippen LogP contribution in [0.2, 0.25) is 0 Å². The van der Waals surface area contributed by atoms with Crippen molar-refractivity contribution in [2.75, 3.05) is 0 Å². The van der Waals surface area contributed by atoms with E-state index >= 15 is 0 Å². The predicted octanol–water partition coefficient (Wildman–Crippen LogP) is 1.26. The number of hydrogen-bond donors (Lipinski definition) is 2. The van der Waals surface area contributed by atoms with Gasteiger partial charge in [-0.1, -0.05) is 0 Å². The lowest BCUT2D eigenvalue weighted by molar-refractivity contribution is 0.1000. The van der Waals surface area contributed by atoms with Gasteiger partial charge in [0.05, 0.1) is 0 Å². The molecule has 2 aromatic heterocycles. The number of nitrogens with zero attached hydrogens (tertiary/aromatic N) is 1. The lowest BCUT2D eigenvalue weighted by Gasteiger charge is -1.78. The van der Waals surface area contributed by atoms with Crippen molar-refractivity contribution in [3.8, 4) is 0 Å². The molecule has 0 fully saturated rings. The fourth-order valence-corrected chi connectivity index (χ4v) is 1.11. The molecule has 0 spiro atoms. The van der Waals surface area contributed by atoms with Crippen molar-refractivity contribution in [2.45, 2.75) is 0 Å². The molecule has 2 rings (SSSR count). The number of nitrogens with two attached hydrogens (primary N) is 1. The van der Waals surface area contributed by atoms with E-state index in [4.69, 9.17) is 5.73 Å². The molecule has 0 aliphatic heterocycles. The number of nitrogens with one attached hydrogen (secondary N) is 1. The van der Waals surface area contributed by atoms with Gasteiger partial charge in [0.15, 0.2) is 5.01 Å². The highest BCUT2D eigenvalue weighted by atomic mass is 32.1. The summed E-state index contributed by atoms with van der Waals surface area (Å²) in [5.41, 5.74) is 4.87. The summed E-state index contributed by atoms with van der Waals surface area (Å²) in [5.74, 6) is -0.458. The second-order valence-corrected chi connectivity index (χ2v) is 2.98. The average Bonchev–Trinajstić information content (AvgIpc) is 2.82. The molecule has 1 amide bonds. The molecule has 0 saturated carbocycles. The largest absolute Gasteiger partial charge is 0.368 e. The number of carbonyl (C=O) groups is 1. The second kappa shape index (κ2) is 5.10. The van der Waals surface area contributed by atoms with Gasteiger partial charge in [0.2, 0.25) is 0 Å². The summed E-state index contributed by atoms with van der Waals surface area (Å²) in [6, 6.07) is 3.89. The third-order valence-corrected chi connectivity index (χ3v) is 1.93. The van der Waals surface area contributed by atoms with Crippen LogP contribution >= 0.6 is 11.3 Å². The number of H-pyrrole nitrogens is 1. The van der Waals surface area contributed by atoms with Gasteiger partial charge in [-0.2, -0.15) is 0 Å². The molecule has 0 aromatic carbocycles. The second-order valence-electron chi connectivity index (χ2n) is 2.09. The Kier molecular flexibility index (Phi) is 3.72. The number of rotatable bonds is 1. The molecule has 2 heterocycles. The topological polar surface area (TPSA) is 71.8 Å². The van der Waals surface area contributed by atoms with Gasteiger partial charge >= 0.3 is 0 Å². The highest BCUT2D eigenvalue weighted by Crippen LogP contribution is 2.00. The van der Waals surface area contributed by atoms with E-state index in [1.807, 2.05) is 24.5 Å². The van der Waals surface area contributed by atoms with E-state index < -0.39 is 5.91 Å². The van der Waals surface area contributed by atoms with Crippen LogP contribution in [0.1, 0.15) is 9.80 Å². The lowest BCUT2D eigenvalue weighted by Crippen LogP contribution is -2.09. The zero-order chi connectivity index (χ0) is 9.52. The summed E-state index contributed by atoms with van der Waals surface area (Å²) in [6.07, 6.45) is 5.30. The summed E-state index contributed by atoms with van der Waals surface area (Å²) in [7, 11) is 0. The number of carbonyl (C=O) groups excluding carboxylic acids is 1. The Balaban J connectivity index is 0.000000145. The zero-order valence-electron chi connectivity index (χ0n) is 6.81. The first kappa shape index (κ1) is 9.47. The maximum Gasteiger partial charge on any atom is 0.277 e. The Labute approximate surface area is 79.4 Å². The third kappa shape index (κ3) is 3.53. The standard InChI is InChI=1S/C4H4N2OS.C4H5N/c5-3(7)4-6-1-2-8-4;1-2-4-5-3-1/h1-2H,(H2,5,7);1-5H. The number of thiazole rings is 1. The van der Waals surface area contributed by atoms with Crippen molar-refractivity contribution in [3.63, 3.8) is 0 Å². The number of aromatic nitrogens is 2. The molecule has 0 radical (unpaired) electrons. The Hall–Kier alpha value is -1.62. The quantitative estimate of drug-likeness (QED) is 0.719. The molecule has 4 nitrogen and oxygen atoms in total. The van der Waals surface area contributed by atoms with Gasteiger partial charge in [0, 0.05) is 24.0 Å². The van der Waals surface area contributed by atoms with Gasteiger partial charge in [0.25, 0.3) is 5.91 Å². The molecule has 13 heavy (non-hydrogen) atoms. The van der Waals surface area contributed by atoms with Crippen LogP contribution in [0.5, 0.6) is 0 Å². The van der Waals surface area contributed by atoms with Gasteiger partial charge in [-0.25, -0.2) is 4.98 Å². The lowest BCUT2D eigenvalue weighted by atomic mass is 10.7. The molecule has 0 aliphatic rings. The van der Waals surface area contributed by atoms with Crippen molar-refractivity contribution < 1.29 is 4.79 Å². The fraction of sp³-hybridized carbons (Fsp3) is 0. The third-order valence-electron chi connectivity index (χ3n) is 1.14. The van der Waals surface area contributed by atoms with Gasteiger partial charge in [0.1, 0.15) is 0 Å². The number of aromatic amines is 1. The van der Waals surface area contributed by atoms with Crippen molar-refractivity contribution in [3.05, 3.63) is 41.1 Å². The maximum atomic E-state index is 10.2. The first-order chi connectivity index (χ1) is 6.30. The smallest absolute Gasteiger partial charge is 0.277 e. The Morgan fingerprint density at radius 3 is 2.38 bits per heavy atom. The molecule has 5 heteroatoms. The SMILES string of the molecule is NC(=O)c1nccs1.c1cc[nH]c1. The van der Waals surface area contributed by atoms with Gasteiger partial charge in [-0.15, -0.1) is 11.3 Å². The summed E-state index contributed by atoms with van der Waals surface area (Å²) in [5, 5.41) is 2.07. The van der Waals surface area contributed by atoms with Crippen LogP contribution < -0.4 is 5.73 Å². The minimum Gasteiger partial charge on any atom is -0.368 e. The van der Waals surface area contributed by atoms with E-state index in [0.717, 1.165) is 0 Å². The normalized spacial score (nSPS) is 8.62. The van der Waals surface area contributed by atoms with Crippen LogP contribution in [-0.2, 0) is 0 Å². The molecule has 0 aliphatic carbocycles. The van der Waals surface area contributed by atoms with Crippen LogP contribution in [0.15, 0.2) is 36.1 Å². The van der Waals surface area contributed by atoms with Crippen LogP contribution in [0.25, 0.3) is 0 Å². The molecular formula is C8H9N3OS. The fourth-order valence-electron chi connectivity index (χ4n) is 0.623. The highest BCUT2D eigenvalue weighted by Gasteiger charge is 1.98. The molecule has 0 atom stereocenters. The monoisotopic (exact) mass is 195 g/mol. The van der Waals surface area contributed by atoms with E-state index in [-0.39, 0.29) is 0 Å².